The van der Waals surface area contributed by atoms with Crippen molar-refractivity contribution < 1.29 is 32.3 Å². The molecule has 0 aliphatic carbocycles. The second-order valence-corrected chi connectivity index (χ2v) is 8.47. The first-order valence-corrected chi connectivity index (χ1v) is 10.6. The van der Waals surface area contributed by atoms with E-state index in [-0.39, 0.29) is 37.3 Å². The monoisotopic (exact) mass is 487 g/mol. The van der Waals surface area contributed by atoms with Crippen molar-refractivity contribution in [3.63, 3.8) is 0 Å². The van der Waals surface area contributed by atoms with Gasteiger partial charge in [0.2, 0.25) is 5.43 Å². The molecule has 0 saturated carbocycles. The fraction of sp³-hybridized carbons (Fsp3) is 0.208. The molecule has 2 aromatic carbocycles. The zero-order valence-corrected chi connectivity index (χ0v) is 17.9. The average molecular weight is 487 g/mol. The van der Waals surface area contributed by atoms with Crippen LogP contribution in [0.3, 0.4) is 0 Å². The molecule has 35 heavy (non-hydrogen) atoms. The predicted octanol–water partition coefficient (Wildman–Crippen LogP) is 2.79. The van der Waals surface area contributed by atoms with Crippen molar-refractivity contribution in [2.75, 3.05) is 6.54 Å². The first kappa shape index (κ1) is 22.6. The highest BCUT2D eigenvalue weighted by molar-refractivity contribution is 5.99. The highest BCUT2D eigenvalue weighted by atomic mass is 19.2. The maximum Gasteiger partial charge on any atom is 0.274 e. The maximum atomic E-state index is 13.9. The third-order valence-corrected chi connectivity index (χ3v) is 6.28. The summed E-state index contributed by atoms with van der Waals surface area (Å²) in [7, 11) is 0. The largest absolute Gasteiger partial charge is 0.503 e. The fourth-order valence-electron chi connectivity index (χ4n) is 4.52. The molecule has 2 N–H and O–H groups in total. The third-order valence-electron chi connectivity index (χ3n) is 6.28. The van der Waals surface area contributed by atoms with Gasteiger partial charge in [-0.3, -0.25) is 14.4 Å². The molecule has 7 nitrogen and oxygen atoms in total. The standard InChI is InChI=1S/C24H17F4N3O4/c25-14-2-1-11(17(26)6-14)7-29-23(34)16-10-31-15-3-12-4-18(27)19(28)5-13(12)8-30(9-15)24(35)20(31)22(33)21(16)32/h1-2,4-6,10,15,33H,3,7-9H2,(H,29,34). The molecular formula is C24H17F4N3O4. The van der Waals surface area contributed by atoms with Crippen LogP contribution >= 0.6 is 0 Å². The lowest BCUT2D eigenvalue weighted by Gasteiger charge is -2.34. The molecule has 3 heterocycles. The quantitative estimate of drug-likeness (QED) is 0.556. The van der Waals surface area contributed by atoms with Crippen LogP contribution in [0.25, 0.3) is 0 Å². The SMILES string of the molecule is O=C(NCc1ccc(F)cc1F)c1cn2c(c(O)c1=O)C(=O)N1Cc3cc(F)c(F)cc3CC2C1. The Bertz CT molecular complexity index is 1470. The van der Waals surface area contributed by atoms with Crippen LogP contribution in [0.1, 0.15) is 43.6 Å². The molecule has 0 spiro atoms. The van der Waals surface area contributed by atoms with E-state index in [2.05, 4.69) is 5.32 Å². The number of aromatic nitrogens is 1. The van der Waals surface area contributed by atoms with Crippen molar-refractivity contribution in [1.82, 2.24) is 14.8 Å². The second-order valence-electron chi connectivity index (χ2n) is 8.47. The Morgan fingerprint density at radius 3 is 2.46 bits per heavy atom. The van der Waals surface area contributed by atoms with Gasteiger partial charge in [-0.1, -0.05) is 6.07 Å². The number of benzene rings is 2. The molecule has 2 amide bonds. The molecule has 0 fully saturated rings. The lowest BCUT2D eigenvalue weighted by atomic mass is 10.0. The van der Waals surface area contributed by atoms with Gasteiger partial charge in [0, 0.05) is 37.5 Å². The molecule has 1 unspecified atom stereocenters. The van der Waals surface area contributed by atoms with Gasteiger partial charge in [0.15, 0.2) is 23.1 Å². The third kappa shape index (κ3) is 3.82. The molecule has 11 heteroatoms. The summed E-state index contributed by atoms with van der Waals surface area (Å²) in [5, 5.41) is 12.9. The number of amides is 2. The van der Waals surface area contributed by atoms with E-state index in [0.29, 0.717) is 17.2 Å². The number of hydrogen-bond acceptors (Lipinski definition) is 4. The molecule has 3 aromatic rings. The first-order chi connectivity index (χ1) is 16.6. The Morgan fingerprint density at radius 1 is 1.03 bits per heavy atom. The Kier molecular flexibility index (Phi) is 5.34. The summed E-state index contributed by atoms with van der Waals surface area (Å²) in [5.74, 6) is -6.36. The summed E-state index contributed by atoms with van der Waals surface area (Å²) in [6, 6.07) is 4.28. The predicted molar refractivity (Wildman–Crippen MR) is 114 cm³/mol. The lowest BCUT2D eigenvalue weighted by Crippen LogP contribution is -2.44. The van der Waals surface area contributed by atoms with Gasteiger partial charge in [-0.2, -0.15) is 0 Å². The van der Waals surface area contributed by atoms with Crippen molar-refractivity contribution in [2.45, 2.75) is 25.6 Å². The lowest BCUT2D eigenvalue weighted by molar-refractivity contribution is 0.0653. The van der Waals surface area contributed by atoms with Crippen molar-refractivity contribution in [2.24, 2.45) is 0 Å². The summed E-state index contributed by atoms with van der Waals surface area (Å²) in [6.45, 7) is -0.282. The van der Waals surface area contributed by atoms with Crippen LogP contribution in [0.2, 0.25) is 0 Å². The van der Waals surface area contributed by atoms with E-state index < -0.39 is 57.9 Å². The van der Waals surface area contributed by atoms with Crippen LogP contribution < -0.4 is 10.7 Å². The molecule has 1 aromatic heterocycles. The number of rotatable bonds is 3. The van der Waals surface area contributed by atoms with E-state index in [1.807, 2.05) is 0 Å². The van der Waals surface area contributed by atoms with Crippen LogP contribution in [-0.2, 0) is 19.5 Å². The Hall–Kier alpha value is -4.15. The highest BCUT2D eigenvalue weighted by Gasteiger charge is 2.38. The highest BCUT2D eigenvalue weighted by Crippen LogP contribution is 2.34. The number of fused-ring (bicyclic) bond motifs is 5. The smallest absolute Gasteiger partial charge is 0.274 e. The van der Waals surface area contributed by atoms with Crippen LogP contribution in [0.5, 0.6) is 5.75 Å². The van der Waals surface area contributed by atoms with Crippen molar-refractivity contribution in [3.05, 3.63) is 98.0 Å². The summed E-state index contributed by atoms with van der Waals surface area (Å²) < 4.78 is 55.9. The van der Waals surface area contributed by atoms with E-state index in [0.717, 1.165) is 30.5 Å². The van der Waals surface area contributed by atoms with Gasteiger partial charge >= 0.3 is 0 Å². The fourth-order valence-corrected chi connectivity index (χ4v) is 4.52. The van der Waals surface area contributed by atoms with E-state index in [9.17, 15) is 37.1 Å². The van der Waals surface area contributed by atoms with E-state index >= 15 is 0 Å². The van der Waals surface area contributed by atoms with Gasteiger partial charge in [-0.15, -0.1) is 0 Å². The zero-order chi connectivity index (χ0) is 25.0. The summed E-state index contributed by atoms with van der Waals surface area (Å²) in [5.41, 5.74) is -1.10. The Morgan fingerprint density at radius 2 is 1.74 bits per heavy atom. The average Bonchev–Trinajstić information content (AvgIpc) is 2.96. The first-order valence-electron chi connectivity index (χ1n) is 10.6. The number of nitrogens with one attached hydrogen (secondary N) is 1. The minimum atomic E-state index is -1.10. The van der Waals surface area contributed by atoms with Gasteiger partial charge in [0.25, 0.3) is 11.8 Å². The number of nitrogens with zero attached hydrogens (tertiary/aromatic N) is 2. The second kappa shape index (κ2) is 8.26. The summed E-state index contributed by atoms with van der Waals surface area (Å²) in [6.07, 6.45) is 1.27. The van der Waals surface area contributed by atoms with Gasteiger partial charge in [0.05, 0.1) is 6.04 Å². The molecular weight excluding hydrogens is 470 g/mol. The normalized spacial score (nSPS) is 16.4. The number of halogens is 4. The Balaban J connectivity index is 1.51. The molecule has 1 atom stereocenters. The van der Waals surface area contributed by atoms with Crippen molar-refractivity contribution >= 4 is 11.8 Å². The molecule has 2 aliphatic rings. The van der Waals surface area contributed by atoms with Crippen LogP contribution in [0.4, 0.5) is 17.6 Å². The molecule has 0 radical (unpaired) electrons. The van der Waals surface area contributed by atoms with Gasteiger partial charge < -0.3 is 19.9 Å². The summed E-state index contributed by atoms with van der Waals surface area (Å²) in [4.78, 5) is 39.8. The van der Waals surface area contributed by atoms with Crippen molar-refractivity contribution in [1.29, 1.82) is 0 Å². The molecule has 2 bridgehead atoms. The van der Waals surface area contributed by atoms with Gasteiger partial charge in [-0.05, 0) is 35.7 Å². The molecule has 180 valence electrons. The Labute approximate surface area is 195 Å². The summed E-state index contributed by atoms with van der Waals surface area (Å²) >= 11 is 0. The maximum absolute atomic E-state index is 13.9. The molecule has 0 saturated heterocycles. The van der Waals surface area contributed by atoms with Gasteiger partial charge in [0.1, 0.15) is 17.2 Å². The minimum absolute atomic E-state index is 0.0255. The number of aromatic hydroxyl groups is 1. The molecule has 2 aliphatic heterocycles. The topological polar surface area (TPSA) is 91.6 Å². The minimum Gasteiger partial charge on any atom is -0.503 e. The van der Waals surface area contributed by atoms with E-state index in [4.69, 9.17) is 0 Å². The molecule has 5 rings (SSSR count). The number of pyridine rings is 1. The number of carbonyl (C=O) groups excluding carboxylic acids is 2. The zero-order valence-electron chi connectivity index (χ0n) is 17.9. The van der Waals surface area contributed by atoms with E-state index in [1.165, 1.54) is 9.47 Å². The van der Waals surface area contributed by atoms with Crippen LogP contribution in [0, 0.1) is 23.3 Å². The van der Waals surface area contributed by atoms with Gasteiger partial charge in [-0.25, -0.2) is 17.6 Å². The van der Waals surface area contributed by atoms with E-state index in [1.54, 1.807) is 0 Å². The van der Waals surface area contributed by atoms with Crippen LogP contribution in [0.15, 0.2) is 41.3 Å². The number of hydrogen-bond donors (Lipinski definition) is 2. The number of carbonyl (C=O) groups is 2. The van der Waals surface area contributed by atoms with Crippen LogP contribution in [-0.4, -0.2) is 32.9 Å². The van der Waals surface area contributed by atoms with Crippen molar-refractivity contribution in [3.8, 4) is 5.75 Å².